The summed E-state index contributed by atoms with van der Waals surface area (Å²) in [4.78, 5) is 2.27. The highest BCUT2D eigenvalue weighted by atomic mass is 32.2. The van der Waals surface area contributed by atoms with Gasteiger partial charge in [-0.1, -0.05) is 6.92 Å². The van der Waals surface area contributed by atoms with Crippen LogP contribution in [-0.2, 0) is 0 Å². The summed E-state index contributed by atoms with van der Waals surface area (Å²) in [6.07, 6.45) is 0. The SMILES string of the molecule is CNC(=S)N1CCSC(C)C1C. The zero-order valence-electron chi connectivity index (χ0n) is 7.83. The lowest BCUT2D eigenvalue weighted by molar-refractivity contribution is 0.332. The van der Waals surface area contributed by atoms with Crippen LogP contribution in [0.25, 0.3) is 0 Å². The first-order chi connectivity index (χ1) is 5.66. The Morgan fingerprint density at radius 2 is 2.25 bits per heavy atom. The summed E-state index contributed by atoms with van der Waals surface area (Å²) in [5, 5.41) is 4.60. The zero-order chi connectivity index (χ0) is 9.14. The van der Waals surface area contributed by atoms with Gasteiger partial charge in [-0.05, 0) is 19.1 Å². The van der Waals surface area contributed by atoms with E-state index < -0.39 is 0 Å². The molecule has 1 rings (SSSR count). The normalized spacial score (nSPS) is 30.1. The third-order valence-corrected chi connectivity index (χ3v) is 4.14. The molecule has 0 aromatic rings. The molecule has 2 unspecified atom stereocenters. The molecule has 12 heavy (non-hydrogen) atoms. The highest BCUT2D eigenvalue weighted by molar-refractivity contribution is 8.00. The van der Waals surface area contributed by atoms with Crippen LogP contribution in [-0.4, -0.2) is 40.6 Å². The molecule has 70 valence electrons. The van der Waals surface area contributed by atoms with Gasteiger partial charge in [-0.25, -0.2) is 0 Å². The van der Waals surface area contributed by atoms with E-state index in [1.807, 2.05) is 18.8 Å². The lowest BCUT2D eigenvalue weighted by Gasteiger charge is -2.38. The fourth-order valence-corrected chi connectivity index (χ4v) is 2.72. The van der Waals surface area contributed by atoms with Crippen molar-refractivity contribution >= 4 is 29.1 Å². The molecular weight excluding hydrogens is 188 g/mol. The van der Waals surface area contributed by atoms with Gasteiger partial charge in [0.2, 0.25) is 0 Å². The van der Waals surface area contributed by atoms with Crippen molar-refractivity contribution < 1.29 is 0 Å². The molecule has 0 saturated carbocycles. The Hall–Kier alpha value is 0.0400. The maximum absolute atomic E-state index is 5.21. The molecule has 0 amide bonds. The predicted octanol–water partition coefficient (Wildman–Crippen LogP) is 1.32. The highest BCUT2D eigenvalue weighted by Crippen LogP contribution is 2.23. The van der Waals surface area contributed by atoms with E-state index in [4.69, 9.17) is 12.2 Å². The zero-order valence-corrected chi connectivity index (χ0v) is 9.47. The van der Waals surface area contributed by atoms with Crippen LogP contribution in [0.3, 0.4) is 0 Å². The largest absolute Gasteiger partial charge is 0.366 e. The molecule has 4 heteroatoms. The van der Waals surface area contributed by atoms with E-state index in [2.05, 4.69) is 24.1 Å². The molecule has 1 saturated heterocycles. The predicted molar refractivity (Wildman–Crippen MR) is 59.7 cm³/mol. The Morgan fingerprint density at radius 1 is 1.58 bits per heavy atom. The third-order valence-electron chi connectivity index (χ3n) is 2.36. The van der Waals surface area contributed by atoms with Crippen molar-refractivity contribution in [1.82, 2.24) is 10.2 Å². The second-order valence-electron chi connectivity index (χ2n) is 3.07. The van der Waals surface area contributed by atoms with E-state index >= 15 is 0 Å². The summed E-state index contributed by atoms with van der Waals surface area (Å²) in [7, 11) is 1.89. The quantitative estimate of drug-likeness (QED) is 0.598. The lowest BCUT2D eigenvalue weighted by Crippen LogP contribution is -2.50. The summed E-state index contributed by atoms with van der Waals surface area (Å²) in [6, 6.07) is 0.559. The van der Waals surface area contributed by atoms with Crippen molar-refractivity contribution in [2.75, 3.05) is 19.3 Å². The molecule has 1 fully saturated rings. The lowest BCUT2D eigenvalue weighted by atomic mass is 10.2. The molecule has 0 radical (unpaired) electrons. The van der Waals surface area contributed by atoms with Crippen LogP contribution in [0, 0.1) is 0 Å². The summed E-state index contributed by atoms with van der Waals surface area (Å²) in [6.45, 7) is 5.58. The van der Waals surface area contributed by atoms with Gasteiger partial charge in [0.15, 0.2) is 5.11 Å². The first kappa shape index (κ1) is 10.1. The molecule has 0 aliphatic carbocycles. The van der Waals surface area contributed by atoms with E-state index in [0.29, 0.717) is 11.3 Å². The van der Waals surface area contributed by atoms with Gasteiger partial charge < -0.3 is 10.2 Å². The maximum Gasteiger partial charge on any atom is 0.168 e. The Balaban J connectivity index is 2.57. The fraction of sp³-hybridized carbons (Fsp3) is 0.875. The van der Waals surface area contributed by atoms with Crippen LogP contribution >= 0.6 is 24.0 Å². The second kappa shape index (κ2) is 4.33. The number of nitrogens with one attached hydrogen (secondary N) is 1. The average Bonchev–Trinajstić information content (AvgIpc) is 2.08. The number of hydrogen-bond acceptors (Lipinski definition) is 2. The van der Waals surface area contributed by atoms with Gasteiger partial charge in [0.25, 0.3) is 0 Å². The number of thiocarbonyl (C=S) groups is 1. The maximum atomic E-state index is 5.21. The fourth-order valence-electron chi connectivity index (χ4n) is 1.36. The molecular formula is C8H16N2S2. The summed E-state index contributed by atoms with van der Waals surface area (Å²) >= 11 is 7.24. The van der Waals surface area contributed by atoms with Crippen molar-refractivity contribution in [1.29, 1.82) is 0 Å². The third kappa shape index (κ3) is 2.04. The van der Waals surface area contributed by atoms with Crippen LogP contribution in [0.2, 0.25) is 0 Å². The van der Waals surface area contributed by atoms with Crippen LogP contribution in [0.1, 0.15) is 13.8 Å². The summed E-state index contributed by atoms with van der Waals surface area (Å²) < 4.78 is 0. The van der Waals surface area contributed by atoms with Gasteiger partial charge in [-0.2, -0.15) is 11.8 Å². The van der Waals surface area contributed by atoms with E-state index in [9.17, 15) is 0 Å². The monoisotopic (exact) mass is 204 g/mol. The van der Waals surface area contributed by atoms with Crippen molar-refractivity contribution in [2.24, 2.45) is 0 Å². The molecule has 0 aromatic heterocycles. The molecule has 0 bridgehead atoms. The van der Waals surface area contributed by atoms with E-state index in [0.717, 1.165) is 11.7 Å². The molecule has 1 heterocycles. The van der Waals surface area contributed by atoms with Gasteiger partial charge >= 0.3 is 0 Å². The summed E-state index contributed by atoms with van der Waals surface area (Å²) in [5.41, 5.74) is 0. The molecule has 0 spiro atoms. The number of rotatable bonds is 0. The Kier molecular flexibility index (Phi) is 3.65. The van der Waals surface area contributed by atoms with Crippen LogP contribution in [0.4, 0.5) is 0 Å². The van der Waals surface area contributed by atoms with Crippen molar-refractivity contribution in [3.63, 3.8) is 0 Å². The minimum atomic E-state index is 0.559. The standard InChI is InChI=1S/C8H16N2S2/c1-6-7(2)12-5-4-10(6)8(11)9-3/h6-7H,4-5H2,1-3H3,(H,9,11). The number of thioether (sulfide) groups is 1. The second-order valence-corrected chi connectivity index (χ2v) is 4.94. The first-order valence-electron chi connectivity index (χ1n) is 4.26. The topological polar surface area (TPSA) is 15.3 Å². The minimum Gasteiger partial charge on any atom is -0.366 e. The van der Waals surface area contributed by atoms with Gasteiger partial charge in [-0.3, -0.25) is 0 Å². The average molecular weight is 204 g/mol. The summed E-state index contributed by atoms with van der Waals surface area (Å²) in [5.74, 6) is 1.19. The molecule has 1 aliphatic rings. The molecule has 1 N–H and O–H groups in total. The van der Waals surface area contributed by atoms with Gasteiger partial charge in [0.05, 0.1) is 0 Å². The molecule has 1 aliphatic heterocycles. The molecule has 2 nitrogen and oxygen atoms in total. The first-order valence-corrected chi connectivity index (χ1v) is 5.72. The van der Waals surface area contributed by atoms with E-state index in [1.54, 1.807) is 0 Å². The van der Waals surface area contributed by atoms with E-state index in [-0.39, 0.29) is 0 Å². The van der Waals surface area contributed by atoms with E-state index in [1.165, 1.54) is 5.75 Å². The van der Waals surface area contributed by atoms with Crippen molar-refractivity contribution in [2.45, 2.75) is 25.1 Å². The van der Waals surface area contributed by atoms with Crippen LogP contribution in [0.5, 0.6) is 0 Å². The number of hydrogen-bond donors (Lipinski definition) is 1. The Morgan fingerprint density at radius 3 is 2.83 bits per heavy atom. The van der Waals surface area contributed by atoms with Crippen LogP contribution < -0.4 is 5.32 Å². The Bertz CT molecular complexity index is 172. The smallest absolute Gasteiger partial charge is 0.168 e. The highest BCUT2D eigenvalue weighted by Gasteiger charge is 2.26. The van der Waals surface area contributed by atoms with Gasteiger partial charge in [0.1, 0.15) is 0 Å². The van der Waals surface area contributed by atoms with Crippen molar-refractivity contribution in [3.05, 3.63) is 0 Å². The van der Waals surface area contributed by atoms with Crippen LogP contribution in [0.15, 0.2) is 0 Å². The van der Waals surface area contributed by atoms with Gasteiger partial charge in [-0.15, -0.1) is 0 Å². The molecule has 2 atom stereocenters. The van der Waals surface area contributed by atoms with Gasteiger partial charge in [0, 0.05) is 30.6 Å². The minimum absolute atomic E-state index is 0.559. The molecule has 0 aromatic carbocycles. The number of nitrogens with zero attached hydrogens (tertiary/aromatic N) is 1. The van der Waals surface area contributed by atoms with Crippen molar-refractivity contribution in [3.8, 4) is 0 Å². The Labute approximate surface area is 84.1 Å².